The second-order valence-electron chi connectivity index (χ2n) is 4.59. The van der Waals surface area contributed by atoms with E-state index in [1.54, 1.807) is 18.9 Å². The fourth-order valence-electron chi connectivity index (χ4n) is 1.73. The lowest BCUT2D eigenvalue weighted by Crippen LogP contribution is -2.22. The summed E-state index contributed by atoms with van der Waals surface area (Å²) in [5.74, 6) is 0.305. The van der Waals surface area contributed by atoms with E-state index in [1.165, 1.54) is 0 Å². The number of alkyl halides is 3. The highest BCUT2D eigenvalue weighted by Gasteiger charge is 2.34. The van der Waals surface area contributed by atoms with Crippen LogP contribution in [0.25, 0.3) is 0 Å². The highest BCUT2D eigenvalue weighted by Crippen LogP contribution is 2.30. The van der Waals surface area contributed by atoms with E-state index in [0.717, 1.165) is 25.3 Å². The predicted octanol–water partition coefficient (Wildman–Crippen LogP) is 3.55. The van der Waals surface area contributed by atoms with Crippen LogP contribution < -0.4 is 10.2 Å². The van der Waals surface area contributed by atoms with Crippen LogP contribution in [0.5, 0.6) is 0 Å². The minimum absolute atomic E-state index is 0.0136. The van der Waals surface area contributed by atoms with Crippen LogP contribution in [0, 0.1) is 0 Å². The summed E-state index contributed by atoms with van der Waals surface area (Å²) in [6.45, 7) is 5.01. The number of unbranched alkanes of at least 4 members (excludes halogenated alkanes) is 2. The average Bonchev–Trinajstić information content (AvgIpc) is 2.38. The number of halogens is 3. The van der Waals surface area contributed by atoms with Gasteiger partial charge in [0.15, 0.2) is 5.69 Å². The van der Waals surface area contributed by atoms with Crippen LogP contribution in [0.2, 0.25) is 0 Å². The van der Waals surface area contributed by atoms with Gasteiger partial charge in [0, 0.05) is 26.2 Å². The van der Waals surface area contributed by atoms with Crippen LogP contribution in [0.3, 0.4) is 0 Å². The standard InChI is InChI=1S/C13H21F3N4/c1-4-6-7-8-20(3)11-9-10(13(14,15)16)18-12(19-11)17-5-2/h9H,4-8H2,1-3H3,(H,17,18,19). The fourth-order valence-corrected chi connectivity index (χ4v) is 1.73. The maximum atomic E-state index is 12.8. The number of hydrogen-bond acceptors (Lipinski definition) is 4. The Morgan fingerprint density at radius 3 is 2.45 bits per heavy atom. The molecule has 4 nitrogen and oxygen atoms in total. The zero-order chi connectivity index (χ0) is 15.2. The van der Waals surface area contributed by atoms with Gasteiger partial charge in [0.05, 0.1) is 0 Å². The van der Waals surface area contributed by atoms with Crippen molar-refractivity contribution in [3.63, 3.8) is 0 Å². The van der Waals surface area contributed by atoms with Gasteiger partial charge in [-0.05, 0) is 13.3 Å². The van der Waals surface area contributed by atoms with Crippen molar-refractivity contribution in [2.75, 3.05) is 30.4 Å². The molecule has 7 heteroatoms. The first-order valence-corrected chi connectivity index (χ1v) is 6.79. The van der Waals surface area contributed by atoms with Crippen molar-refractivity contribution >= 4 is 11.8 Å². The Morgan fingerprint density at radius 2 is 1.90 bits per heavy atom. The highest BCUT2D eigenvalue weighted by atomic mass is 19.4. The molecule has 0 radical (unpaired) electrons. The molecule has 20 heavy (non-hydrogen) atoms. The molecule has 1 aromatic rings. The molecule has 0 fully saturated rings. The molecule has 0 aromatic carbocycles. The minimum atomic E-state index is -4.47. The van der Waals surface area contributed by atoms with E-state index in [4.69, 9.17) is 0 Å². The van der Waals surface area contributed by atoms with Crippen LogP contribution in [0.4, 0.5) is 24.9 Å². The number of nitrogens with zero attached hydrogens (tertiary/aromatic N) is 3. The molecule has 0 aliphatic rings. The van der Waals surface area contributed by atoms with Gasteiger partial charge in [0.25, 0.3) is 0 Å². The van der Waals surface area contributed by atoms with Crippen LogP contribution in [0.15, 0.2) is 6.07 Å². The van der Waals surface area contributed by atoms with E-state index in [-0.39, 0.29) is 5.95 Å². The quantitative estimate of drug-likeness (QED) is 0.780. The third-order valence-corrected chi connectivity index (χ3v) is 2.83. The first-order valence-electron chi connectivity index (χ1n) is 6.79. The molecule has 114 valence electrons. The number of anilines is 2. The summed E-state index contributed by atoms with van der Waals surface area (Å²) < 4.78 is 38.5. The lowest BCUT2D eigenvalue weighted by atomic mass is 10.2. The Kier molecular flexibility index (Phi) is 6.04. The Morgan fingerprint density at radius 1 is 1.20 bits per heavy atom. The van der Waals surface area contributed by atoms with Crippen molar-refractivity contribution in [1.29, 1.82) is 0 Å². The van der Waals surface area contributed by atoms with Gasteiger partial charge in [-0.2, -0.15) is 18.2 Å². The van der Waals surface area contributed by atoms with Crippen LogP contribution in [-0.4, -0.2) is 30.1 Å². The Balaban J connectivity index is 2.96. The highest BCUT2D eigenvalue weighted by molar-refractivity contribution is 5.44. The van der Waals surface area contributed by atoms with E-state index in [9.17, 15) is 13.2 Å². The molecule has 1 N–H and O–H groups in total. The molecule has 1 aromatic heterocycles. The topological polar surface area (TPSA) is 41.1 Å². The third-order valence-electron chi connectivity index (χ3n) is 2.83. The van der Waals surface area contributed by atoms with Gasteiger partial charge in [-0.1, -0.05) is 19.8 Å². The van der Waals surface area contributed by atoms with Crippen molar-refractivity contribution in [3.8, 4) is 0 Å². The minimum Gasteiger partial charge on any atom is -0.360 e. The number of nitrogens with one attached hydrogen (secondary N) is 1. The van der Waals surface area contributed by atoms with Crippen LogP contribution >= 0.6 is 0 Å². The Bertz CT molecular complexity index is 421. The third kappa shape index (κ3) is 4.86. The van der Waals surface area contributed by atoms with E-state index in [2.05, 4.69) is 22.2 Å². The molecular weight excluding hydrogens is 269 g/mol. The smallest absolute Gasteiger partial charge is 0.360 e. The summed E-state index contributed by atoms with van der Waals surface area (Å²) in [4.78, 5) is 9.35. The second kappa shape index (κ2) is 7.31. The zero-order valence-corrected chi connectivity index (χ0v) is 12.1. The van der Waals surface area contributed by atoms with Crippen molar-refractivity contribution in [2.24, 2.45) is 0 Å². The van der Waals surface area contributed by atoms with Crippen molar-refractivity contribution in [1.82, 2.24) is 9.97 Å². The van der Waals surface area contributed by atoms with Gasteiger partial charge in [-0.3, -0.25) is 0 Å². The summed E-state index contributed by atoms with van der Waals surface area (Å²) in [6.07, 6.45) is -1.43. The molecule has 1 rings (SSSR count). The molecule has 0 unspecified atom stereocenters. The number of hydrogen-bond donors (Lipinski definition) is 1. The maximum absolute atomic E-state index is 12.8. The zero-order valence-electron chi connectivity index (χ0n) is 12.1. The SMILES string of the molecule is CCCCCN(C)c1cc(C(F)(F)F)nc(NCC)n1. The molecule has 0 saturated carbocycles. The molecule has 0 spiro atoms. The number of rotatable bonds is 7. The molecule has 0 saturated heterocycles. The second-order valence-corrected chi connectivity index (χ2v) is 4.59. The lowest BCUT2D eigenvalue weighted by molar-refractivity contribution is -0.141. The van der Waals surface area contributed by atoms with Gasteiger partial charge in [-0.25, -0.2) is 4.98 Å². The number of aromatic nitrogens is 2. The first kappa shape index (κ1) is 16.5. The van der Waals surface area contributed by atoms with Gasteiger partial charge in [-0.15, -0.1) is 0 Å². The lowest BCUT2D eigenvalue weighted by Gasteiger charge is -2.20. The van der Waals surface area contributed by atoms with Gasteiger partial charge < -0.3 is 10.2 Å². The normalized spacial score (nSPS) is 11.5. The first-order chi connectivity index (χ1) is 9.38. The van der Waals surface area contributed by atoms with Gasteiger partial charge >= 0.3 is 6.18 Å². The summed E-state index contributed by atoms with van der Waals surface area (Å²) in [5, 5.41) is 2.73. The van der Waals surface area contributed by atoms with Crippen molar-refractivity contribution in [2.45, 2.75) is 39.3 Å². The summed E-state index contributed by atoms with van der Waals surface area (Å²) >= 11 is 0. The van der Waals surface area contributed by atoms with Gasteiger partial charge in [0.1, 0.15) is 5.82 Å². The van der Waals surface area contributed by atoms with Gasteiger partial charge in [0.2, 0.25) is 5.95 Å². The fraction of sp³-hybridized carbons (Fsp3) is 0.692. The summed E-state index contributed by atoms with van der Waals surface area (Å²) in [5.41, 5.74) is -0.916. The Labute approximate surface area is 117 Å². The monoisotopic (exact) mass is 290 g/mol. The maximum Gasteiger partial charge on any atom is 0.433 e. The largest absolute Gasteiger partial charge is 0.433 e. The molecule has 1 heterocycles. The molecule has 0 aliphatic carbocycles. The van der Waals surface area contributed by atoms with E-state index < -0.39 is 11.9 Å². The Hall–Kier alpha value is -1.53. The van der Waals surface area contributed by atoms with Crippen LogP contribution in [-0.2, 0) is 6.18 Å². The average molecular weight is 290 g/mol. The van der Waals surface area contributed by atoms with Crippen molar-refractivity contribution < 1.29 is 13.2 Å². The molecule has 0 atom stereocenters. The molecule has 0 amide bonds. The van der Waals surface area contributed by atoms with Crippen LogP contribution in [0.1, 0.15) is 38.8 Å². The predicted molar refractivity (Wildman–Crippen MR) is 74.0 cm³/mol. The van der Waals surface area contributed by atoms with E-state index in [1.807, 2.05) is 0 Å². The van der Waals surface area contributed by atoms with Crippen molar-refractivity contribution in [3.05, 3.63) is 11.8 Å². The summed E-state index contributed by atoms with van der Waals surface area (Å²) in [6, 6.07) is 0.993. The molecule has 0 aliphatic heterocycles. The van der Waals surface area contributed by atoms with E-state index in [0.29, 0.717) is 18.9 Å². The van der Waals surface area contributed by atoms with E-state index >= 15 is 0 Å². The molecule has 0 bridgehead atoms. The summed E-state index contributed by atoms with van der Waals surface area (Å²) in [7, 11) is 1.74. The molecular formula is C13H21F3N4.